The molecule has 0 spiro atoms. The standard InChI is InChI=1S/C19H23B6NO3/c1-10(2)5-12-9-26-4-3-11-6-16(28-18(20,21)22)17(29-19(23,24)25)7-13(11)14(26)8-15(12)27/h6-7,10,12,14-15,27H,3-5,8-9H2,1-2H3. The van der Waals surface area contributed by atoms with E-state index in [2.05, 4.69) is 18.7 Å². The third-order valence-electron chi connectivity index (χ3n) is 5.50. The summed E-state index contributed by atoms with van der Waals surface area (Å²) >= 11 is 0. The molecule has 2 aliphatic rings. The quantitative estimate of drug-likeness (QED) is 0.708. The van der Waals surface area contributed by atoms with E-state index in [9.17, 15) is 5.11 Å². The van der Waals surface area contributed by atoms with Crippen LogP contribution in [0.5, 0.6) is 11.5 Å². The number of rotatable bonds is 6. The highest BCUT2D eigenvalue weighted by Crippen LogP contribution is 2.44. The van der Waals surface area contributed by atoms with Crippen LogP contribution in [0.4, 0.5) is 0 Å². The van der Waals surface area contributed by atoms with Gasteiger partial charge in [0.1, 0.15) is 47.1 Å². The molecule has 4 nitrogen and oxygen atoms in total. The number of hydrogen-bond acceptors (Lipinski definition) is 4. The first-order valence-electron chi connectivity index (χ1n) is 10.0. The van der Waals surface area contributed by atoms with Gasteiger partial charge in [0.25, 0.3) is 0 Å². The maximum absolute atomic E-state index is 10.8. The molecule has 29 heavy (non-hydrogen) atoms. The lowest BCUT2D eigenvalue weighted by Gasteiger charge is -2.46. The van der Waals surface area contributed by atoms with E-state index >= 15 is 0 Å². The van der Waals surface area contributed by atoms with Crippen LogP contribution in [0.2, 0.25) is 0 Å². The molecule has 3 unspecified atom stereocenters. The van der Waals surface area contributed by atoms with E-state index in [0.29, 0.717) is 12.3 Å². The van der Waals surface area contributed by atoms with Gasteiger partial charge in [-0.3, -0.25) is 4.90 Å². The van der Waals surface area contributed by atoms with E-state index in [1.54, 1.807) is 12.1 Å². The molecule has 3 rings (SSSR count). The summed E-state index contributed by atoms with van der Waals surface area (Å²) in [5.74, 6) is 1.22. The monoisotopic (exact) mass is 379 g/mol. The Bertz CT molecular complexity index is 734. The molecule has 0 amide bonds. The molecule has 0 saturated carbocycles. The summed E-state index contributed by atoms with van der Waals surface area (Å²) in [4.78, 5) is 2.41. The summed E-state index contributed by atoms with van der Waals surface area (Å²) in [6, 6.07) is 3.61. The molecule has 0 bridgehead atoms. The van der Waals surface area contributed by atoms with Crippen molar-refractivity contribution in [1.82, 2.24) is 4.90 Å². The summed E-state index contributed by atoms with van der Waals surface area (Å²) in [6.07, 6.45) is 2.07. The second-order valence-electron chi connectivity index (χ2n) is 8.86. The van der Waals surface area contributed by atoms with E-state index in [1.807, 2.05) is 0 Å². The van der Waals surface area contributed by atoms with Crippen LogP contribution in [0.3, 0.4) is 0 Å². The minimum absolute atomic E-state index is 0.0506. The fourth-order valence-corrected chi connectivity index (χ4v) is 4.48. The number of ether oxygens (including phenoxy) is 2. The Kier molecular flexibility index (Phi) is 6.56. The minimum atomic E-state index is -1.92. The lowest BCUT2D eigenvalue weighted by atomic mass is 9.52. The third kappa shape index (κ3) is 5.85. The molecular weight excluding hydrogens is 355 g/mol. The largest absolute Gasteiger partial charge is 0.512 e. The molecule has 1 aromatic rings. The zero-order valence-electron chi connectivity index (χ0n) is 17.2. The van der Waals surface area contributed by atoms with Gasteiger partial charge in [-0.05, 0) is 65.0 Å². The van der Waals surface area contributed by atoms with Gasteiger partial charge in [0.15, 0.2) is 11.5 Å². The summed E-state index contributed by atoms with van der Waals surface area (Å²) < 4.78 is 10.9. The van der Waals surface area contributed by atoms with Crippen molar-refractivity contribution in [3.63, 3.8) is 0 Å². The van der Waals surface area contributed by atoms with Crippen molar-refractivity contribution < 1.29 is 14.6 Å². The summed E-state index contributed by atoms with van der Waals surface area (Å²) in [5, 5.41) is 6.93. The first-order chi connectivity index (χ1) is 13.3. The van der Waals surface area contributed by atoms with Gasteiger partial charge in [-0.25, -0.2) is 0 Å². The fourth-order valence-electron chi connectivity index (χ4n) is 4.48. The van der Waals surface area contributed by atoms with Crippen LogP contribution in [0.1, 0.15) is 43.9 Å². The first-order valence-corrected chi connectivity index (χ1v) is 10.0. The Balaban J connectivity index is 1.94. The molecule has 2 aliphatic heterocycles. The second-order valence-corrected chi connectivity index (χ2v) is 8.86. The average Bonchev–Trinajstić information content (AvgIpc) is 2.53. The zero-order chi connectivity index (χ0) is 21.6. The summed E-state index contributed by atoms with van der Waals surface area (Å²) in [7, 11) is 33.7. The molecule has 1 aromatic carbocycles. The lowest BCUT2D eigenvalue weighted by molar-refractivity contribution is -0.0192. The van der Waals surface area contributed by atoms with E-state index in [-0.39, 0.29) is 29.6 Å². The topological polar surface area (TPSA) is 41.9 Å². The van der Waals surface area contributed by atoms with Gasteiger partial charge in [-0.15, -0.1) is 0 Å². The number of nitrogens with zero attached hydrogens (tertiary/aromatic N) is 1. The predicted octanol–water partition coefficient (Wildman–Crippen LogP) is 0.00390. The van der Waals surface area contributed by atoms with Crippen LogP contribution in [0.15, 0.2) is 12.1 Å². The zero-order valence-corrected chi connectivity index (χ0v) is 17.2. The molecule has 3 atom stereocenters. The van der Waals surface area contributed by atoms with Crippen molar-refractivity contribution in [2.75, 3.05) is 13.1 Å². The molecule has 1 N–H and O–H groups in total. The van der Waals surface area contributed by atoms with Crippen molar-refractivity contribution >= 4 is 47.1 Å². The van der Waals surface area contributed by atoms with Gasteiger partial charge in [0.05, 0.1) is 6.10 Å². The molecule has 0 aliphatic carbocycles. The van der Waals surface area contributed by atoms with Crippen molar-refractivity contribution in [3.05, 3.63) is 23.3 Å². The fraction of sp³-hybridized carbons (Fsp3) is 0.684. The number of fused-ring (bicyclic) bond motifs is 3. The highest BCUT2D eigenvalue weighted by molar-refractivity contribution is 6.59. The van der Waals surface area contributed by atoms with Gasteiger partial charge in [0, 0.05) is 19.1 Å². The molecule has 2 heterocycles. The molecule has 140 valence electrons. The number of aliphatic hydroxyl groups is 1. The molecule has 12 radical (unpaired) electrons. The molecule has 10 heteroatoms. The Morgan fingerprint density at radius 2 is 1.66 bits per heavy atom. The molecule has 1 fully saturated rings. The molecule has 1 saturated heterocycles. The van der Waals surface area contributed by atoms with Gasteiger partial charge in [-0.1, -0.05) is 13.8 Å². The van der Waals surface area contributed by atoms with E-state index in [4.69, 9.17) is 56.6 Å². The van der Waals surface area contributed by atoms with Crippen LogP contribution in [0, 0.1) is 11.8 Å². The maximum Gasteiger partial charge on any atom is 0.158 e. The Morgan fingerprint density at radius 1 is 1.07 bits per heavy atom. The molecule has 0 aromatic heterocycles. The van der Waals surface area contributed by atoms with Gasteiger partial charge in [0.2, 0.25) is 0 Å². The van der Waals surface area contributed by atoms with Crippen molar-refractivity contribution in [3.8, 4) is 11.5 Å². The SMILES string of the molecule is [B]C([B])([B])Oc1cc2c(cc1OC([B])([B])[B])C1CC(O)C(CC(C)C)CN1CC2. The van der Waals surface area contributed by atoms with Crippen LogP contribution >= 0.6 is 0 Å². The summed E-state index contributed by atoms with van der Waals surface area (Å²) in [5.41, 5.74) is 2.06. The van der Waals surface area contributed by atoms with Gasteiger partial charge in [-0.2, -0.15) is 0 Å². The maximum atomic E-state index is 10.8. The predicted molar refractivity (Wildman–Crippen MR) is 119 cm³/mol. The van der Waals surface area contributed by atoms with E-state index < -0.39 is 10.6 Å². The average molecular weight is 378 g/mol. The van der Waals surface area contributed by atoms with Gasteiger partial charge >= 0.3 is 0 Å². The van der Waals surface area contributed by atoms with Crippen molar-refractivity contribution in [2.24, 2.45) is 11.8 Å². The summed E-state index contributed by atoms with van der Waals surface area (Å²) in [6.45, 7) is 6.09. The Hall–Kier alpha value is -0.870. The Labute approximate surface area is 182 Å². The van der Waals surface area contributed by atoms with Crippen molar-refractivity contribution in [2.45, 2.75) is 55.9 Å². The lowest BCUT2D eigenvalue weighted by Crippen LogP contribution is -2.48. The second kappa shape index (κ2) is 8.34. The number of hydrogen-bond donors (Lipinski definition) is 1. The smallest absolute Gasteiger partial charge is 0.158 e. The van der Waals surface area contributed by atoms with E-state index in [0.717, 1.165) is 37.1 Å². The first kappa shape index (κ1) is 22.8. The number of aliphatic hydroxyl groups excluding tert-OH is 1. The van der Waals surface area contributed by atoms with E-state index in [1.165, 1.54) is 0 Å². The Morgan fingerprint density at radius 3 is 2.21 bits per heavy atom. The van der Waals surface area contributed by atoms with Crippen LogP contribution in [0.25, 0.3) is 0 Å². The molecular formula is C19H23B6NO3. The highest BCUT2D eigenvalue weighted by atomic mass is 16.5. The van der Waals surface area contributed by atoms with Crippen LogP contribution in [-0.2, 0) is 6.42 Å². The van der Waals surface area contributed by atoms with Crippen LogP contribution < -0.4 is 9.47 Å². The normalized spacial score (nSPS) is 25.3. The number of benzene rings is 1. The van der Waals surface area contributed by atoms with Crippen LogP contribution in [-0.4, -0.2) is 86.9 Å². The third-order valence-corrected chi connectivity index (χ3v) is 5.50. The van der Waals surface area contributed by atoms with Gasteiger partial charge < -0.3 is 14.6 Å². The van der Waals surface area contributed by atoms with Crippen molar-refractivity contribution in [1.29, 1.82) is 0 Å². The highest BCUT2D eigenvalue weighted by Gasteiger charge is 2.39. The number of piperidine rings is 1. The minimum Gasteiger partial charge on any atom is -0.512 e.